The van der Waals surface area contributed by atoms with Gasteiger partial charge in [0.15, 0.2) is 11.6 Å². The van der Waals surface area contributed by atoms with Crippen LogP contribution < -0.4 is 10.6 Å². The summed E-state index contributed by atoms with van der Waals surface area (Å²) in [5.41, 5.74) is 6.07. The molecule has 2 N–H and O–H groups in total. The third-order valence-corrected chi connectivity index (χ3v) is 3.32. The Morgan fingerprint density at radius 3 is 2.72 bits per heavy atom. The van der Waals surface area contributed by atoms with Gasteiger partial charge in [-0.25, -0.2) is 9.37 Å². The van der Waals surface area contributed by atoms with Crippen molar-refractivity contribution in [3.8, 4) is 0 Å². The minimum Gasteiger partial charge on any atom is -0.351 e. The number of pyridine rings is 1. The van der Waals surface area contributed by atoms with Crippen LogP contribution >= 0.6 is 0 Å². The molecule has 0 radical (unpaired) electrons. The molecule has 0 aliphatic carbocycles. The first-order valence-electron chi connectivity index (χ1n) is 6.75. The second kappa shape index (κ2) is 7.31. The van der Waals surface area contributed by atoms with E-state index < -0.39 is 0 Å². The highest BCUT2D eigenvalue weighted by Crippen LogP contribution is 2.22. The monoisotopic (exact) mass is 253 g/mol. The Labute approximate surface area is 109 Å². The van der Waals surface area contributed by atoms with Crippen molar-refractivity contribution >= 4 is 5.82 Å². The molecule has 0 aliphatic rings. The van der Waals surface area contributed by atoms with Crippen molar-refractivity contribution in [3.05, 3.63) is 23.6 Å². The van der Waals surface area contributed by atoms with Crippen LogP contribution in [0, 0.1) is 5.82 Å². The lowest BCUT2D eigenvalue weighted by Crippen LogP contribution is -2.35. The first kappa shape index (κ1) is 14.9. The van der Waals surface area contributed by atoms with Crippen LogP contribution in [-0.2, 0) is 6.54 Å². The van der Waals surface area contributed by atoms with Crippen LogP contribution in [0.5, 0.6) is 0 Å². The second-order valence-electron chi connectivity index (χ2n) is 4.62. The van der Waals surface area contributed by atoms with Crippen LogP contribution in [0.4, 0.5) is 10.2 Å². The Hall–Kier alpha value is -1.16. The highest BCUT2D eigenvalue weighted by molar-refractivity contribution is 5.44. The first-order valence-corrected chi connectivity index (χ1v) is 6.75. The summed E-state index contributed by atoms with van der Waals surface area (Å²) < 4.78 is 14.3. The zero-order valence-electron chi connectivity index (χ0n) is 11.6. The molecule has 0 spiro atoms. The highest BCUT2D eigenvalue weighted by Gasteiger charge is 2.19. The SMILES string of the molecule is CCCCN(c1nccc(CN)c1F)C(C)CC. The minimum atomic E-state index is -0.267. The Balaban J connectivity index is 3.04. The smallest absolute Gasteiger partial charge is 0.170 e. The third-order valence-electron chi connectivity index (χ3n) is 3.32. The van der Waals surface area contributed by atoms with Crippen molar-refractivity contribution in [1.29, 1.82) is 0 Å². The lowest BCUT2D eigenvalue weighted by atomic mass is 10.1. The standard InChI is InChI=1S/C14H24FN3/c1-4-6-9-18(11(3)5-2)14-13(15)12(10-16)7-8-17-14/h7-8,11H,4-6,9-10,16H2,1-3H3. The van der Waals surface area contributed by atoms with Gasteiger partial charge in [0.2, 0.25) is 0 Å². The van der Waals surface area contributed by atoms with Gasteiger partial charge >= 0.3 is 0 Å². The molecule has 0 fully saturated rings. The average molecular weight is 253 g/mol. The maximum atomic E-state index is 14.3. The molecule has 1 aromatic heterocycles. The van der Waals surface area contributed by atoms with Gasteiger partial charge in [0.05, 0.1) is 0 Å². The lowest BCUT2D eigenvalue weighted by molar-refractivity contribution is 0.549. The molecule has 0 saturated heterocycles. The Kier molecular flexibility index (Phi) is 6.05. The van der Waals surface area contributed by atoms with Gasteiger partial charge in [-0.1, -0.05) is 20.3 Å². The number of rotatable bonds is 7. The fourth-order valence-corrected chi connectivity index (χ4v) is 1.91. The molecule has 1 heterocycles. The number of nitrogens with two attached hydrogens (primary N) is 1. The largest absolute Gasteiger partial charge is 0.351 e. The van der Waals surface area contributed by atoms with Crippen LogP contribution in [0.3, 0.4) is 0 Å². The number of nitrogens with zero attached hydrogens (tertiary/aromatic N) is 2. The van der Waals surface area contributed by atoms with Crippen LogP contribution in [0.25, 0.3) is 0 Å². The Morgan fingerprint density at radius 2 is 2.17 bits per heavy atom. The molecule has 0 amide bonds. The minimum absolute atomic E-state index is 0.212. The van der Waals surface area contributed by atoms with Gasteiger partial charge in [0.1, 0.15) is 0 Å². The number of halogens is 1. The van der Waals surface area contributed by atoms with E-state index in [-0.39, 0.29) is 18.4 Å². The third kappa shape index (κ3) is 3.42. The summed E-state index contributed by atoms with van der Waals surface area (Å²) in [7, 11) is 0. The molecule has 4 heteroatoms. The van der Waals surface area contributed by atoms with E-state index >= 15 is 0 Å². The fourth-order valence-electron chi connectivity index (χ4n) is 1.91. The van der Waals surface area contributed by atoms with E-state index in [1.165, 1.54) is 0 Å². The van der Waals surface area contributed by atoms with Gasteiger partial charge in [0.25, 0.3) is 0 Å². The maximum Gasteiger partial charge on any atom is 0.170 e. The molecule has 1 aromatic rings. The van der Waals surface area contributed by atoms with Crippen molar-refractivity contribution < 1.29 is 4.39 Å². The molecule has 0 bridgehead atoms. The maximum absolute atomic E-state index is 14.3. The van der Waals surface area contributed by atoms with Crippen LogP contribution in [0.1, 0.15) is 45.6 Å². The second-order valence-corrected chi connectivity index (χ2v) is 4.62. The topological polar surface area (TPSA) is 42.2 Å². The van der Waals surface area contributed by atoms with Gasteiger partial charge < -0.3 is 10.6 Å². The average Bonchev–Trinajstić information content (AvgIpc) is 2.40. The van der Waals surface area contributed by atoms with Gasteiger partial charge in [-0.05, 0) is 25.8 Å². The molecule has 0 saturated carbocycles. The molecule has 3 nitrogen and oxygen atoms in total. The van der Waals surface area contributed by atoms with E-state index in [2.05, 4.69) is 30.7 Å². The molecule has 1 atom stereocenters. The van der Waals surface area contributed by atoms with Gasteiger partial charge in [-0.3, -0.25) is 0 Å². The summed E-state index contributed by atoms with van der Waals surface area (Å²) >= 11 is 0. The van der Waals surface area contributed by atoms with Crippen LogP contribution in [0.2, 0.25) is 0 Å². The van der Waals surface area contributed by atoms with E-state index in [0.29, 0.717) is 11.4 Å². The van der Waals surface area contributed by atoms with E-state index in [1.807, 2.05) is 0 Å². The molecule has 0 aliphatic heterocycles. The summed E-state index contributed by atoms with van der Waals surface area (Å²) in [5.74, 6) is 0.178. The van der Waals surface area contributed by atoms with Crippen LogP contribution in [-0.4, -0.2) is 17.6 Å². The Bertz CT molecular complexity index is 368. The lowest BCUT2D eigenvalue weighted by Gasteiger charge is -2.30. The normalized spacial score (nSPS) is 12.5. The van der Waals surface area contributed by atoms with Gasteiger partial charge in [-0.15, -0.1) is 0 Å². The first-order chi connectivity index (χ1) is 8.65. The van der Waals surface area contributed by atoms with E-state index in [0.717, 1.165) is 25.8 Å². The zero-order valence-corrected chi connectivity index (χ0v) is 11.6. The van der Waals surface area contributed by atoms with Crippen molar-refractivity contribution in [2.45, 2.75) is 52.6 Å². The predicted octanol–water partition coefficient (Wildman–Crippen LogP) is 3.08. The quantitative estimate of drug-likeness (QED) is 0.812. The molecule has 18 heavy (non-hydrogen) atoms. The number of unbranched alkanes of at least 4 members (excludes halogenated alkanes) is 1. The van der Waals surface area contributed by atoms with E-state index in [9.17, 15) is 4.39 Å². The predicted molar refractivity (Wildman–Crippen MR) is 74.1 cm³/mol. The summed E-state index contributed by atoms with van der Waals surface area (Å²) in [6, 6.07) is 1.93. The molecule has 1 unspecified atom stereocenters. The van der Waals surface area contributed by atoms with Crippen molar-refractivity contribution in [2.75, 3.05) is 11.4 Å². The summed E-state index contributed by atoms with van der Waals surface area (Å²) in [6.45, 7) is 7.39. The number of hydrogen-bond acceptors (Lipinski definition) is 3. The summed E-state index contributed by atoms with van der Waals surface area (Å²) in [5, 5.41) is 0. The number of anilines is 1. The summed E-state index contributed by atoms with van der Waals surface area (Å²) in [6.07, 6.45) is 4.74. The molecule has 1 rings (SSSR count). The number of aromatic nitrogens is 1. The number of hydrogen-bond donors (Lipinski definition) is 1. The molecule has 102 valence electrons. The highest BCUT2D eigenvalue weighted by atomic mass is 19.1. The van der Waals surface area contributed by atoms with Crippen molar-refractivity contribution in [1.82, 2.24) is 4.98 Å². The summed E-state index contributed by atoms with van der Waals surface area (Å²) in [4.78, 5) is 6.26. The van der Waals surface area contributed by atoms with Gasteiger partial charge in [0, 0.05) is 30.9 Å². The van der Waals surface area contributed by atoms with E-state index in [4.69, 9.17) is 5.73 Å². The van der Waals surface area contributed by atoms with E-state index in [1.54, 1.807) is 12.3 Å². The molecule has 0 aromatic carbocycles. The molecular weight excluding hydrogens is 229 g/mol. The fraction of sp³-hybridized carbons (Fsp3) is 0.643. The molecular formula is C14H24FN3. The zero-order chi connectivity index (χ0) is 13.5. The van der Waals surface area contributed by atoms with Gasteiger partial charge in [-0.2, -0.15) is 0 Å². The van der Waals surface area contributed by atoms with Crippen molar-refractivity contribution in [3.63, 3.8) is 0 Å². The van der Waals surface area contributed by atoms with Crippen LogP contribution in [0.15, 0.2) is 12.3 Å². The Morgan fingerprint density at radius 1 is 1.44 bits per heavy atom. The van der Waals surface area contributed by atoms with Crippen molar-refractivity contribution in [2.24, 2.45) is 5.73 Å².